The van der Waals surface area contributed by atoms with Crippen LogP contribution in [0.5, 0.6) is 5.75 Å². The molecule has 0 radical (unpaired) electrons. The lowest BCUT2D eigenvalue weighted by atomic mass is 10.1. The molecule has 5 nitrogen and oxygen atoms in total. The fourth-order valence-corrected chi connectivity index (χ4v) is 2.47. The molecule has 0 saturated carbocycles. The van der Waals surface area contributed by atoms with Gasteiger partial charge in [0.05, 0.1) is 13.2 Å². The van der Waals surface area contributed by atoms with Crippen molar-refractivity contribution < 1.29 is 19.1 Å². The number of aryl methyl sites for hydroxylation is 1. The summed E-state index contributed by atoms with van der Waals surface area (Å²) in [7, 11) is 1.59. The number of carbonyl (C=O) groups excluding carboxylic acids is 2. The number of rotatable bonds is 8. The molecule has 2 aromatic carbocycles. The van der Waals surface area contributed by atoms with E-state index in [2.05, 4.69) is 12.2 Å². The highest BCUT2D eigenvalue weighted by atomic mass is 16.5. The molecule has 0 aliphatic heterocycles. The van der Waals surface area contributed by atoms with Crippen molar-refractivity contribution in [3.63, 3.8) is 0 Å². The lowest BCUT2D eigenvalue weighted by Crippen LogP contribution is -2.30. The van der Waals surface area contributed by atoms with E-state index in [1.165, 1.54) is 11.6 Å². The van der Waals surface area contributed by atoms with Crippen molar-refractivity contribution in [2.45, 2.75) is 26.3 Å². The van der Waals surface area contributed by atoms with E-state index in [1.54, 1.807) is 25.3 Å². The van der Waals surface area contributed by atoms with Crippen LogP contribution >= 0.6 is 0 Å². The number of hydrogen-bond acceptors (Lipinski definition) is 4. The van der Waals surface area contributed by atoms with Crippen LogP contribution in [-0.4, -0.2) is 25.6 Å². The molecule has 1 amide bonds. The average molecular weight is 367 g/mol. The molecule has 2 aromatic rings. The maximum atomic E-state index is 12.0. The summed E-state index contributed by atoms with van der Waals surface area (Å²) in [5.41, 5.74) is 3.09. The third kappa shape index (κ3) is 6.62. The molecular weight excluding hydrogens is 342 g/mol. The Kier molecular flexibility index (Phi) is 7.62. The standard InChI is InChI=1S/C22H25NO4/c1-4-17-5-10-19(11-6-17)16(2)23-21(24)15-27-22(25)14-9-18-7-12-20(26-3)13-8-18/h5-14,16H,4,15H2,1-3H3,(H,23,24)/b14-9+/t16-/m0/s1. The minimum absolute atomic E-state index is 0.156. The first-order chi connectivity index (χ1) is 13.0. The number of nitrogens with one attached hydrogen (secondary N) is 1. The monoisotopic (exact) mass is 367 g/mol. The third-order valence-corrected chi connectivity index (χ3v) is 4.14. The Bertz CT molecular complexity index is 779. The van der Waals surface area contributed by atoms with Crippen LogP contribution in [0.3, 0.4) is 0 Å². The fourth-order valence-electron chi connectivity index (χ4n) is 2.47. The van der Waals surface area contributed by atoms with E-state index < -0.39 is 5.97 Å². The summed E-state index contributed by atoms with van der Waals surface area (Å²) < 4.78 is 10.1. The van der Waals surface area contributed by atoms with Gasteiger partial charge in [0, 0.05) is 6.08 Å². The van der Waals surface area contributed by atoms with Gasteiger partial charge in [0.15, 0.2) is 6.61 Å². The van der Waals surface area contributed by atoms with Crippen molar-refractivity contribution >= 4 is 18.0 Å². The predicted molar refractivity (Wildman–Crippen MR) is 105 cm³/mol. The second kappa shape index (κ2) is 10.2. The van der Waals surface area contributed by atoms with Gasteiger partial charge in [0.25, 0.3) is 5.91 Å². The van der Waals surface area contributed by atoms with Gasteiger partial charge in [-0.2, -0.15) is 0 Å². The van der Waals surface area contributed by atoms with Gasteiger partial charge in [-0.1, -0.05) is 43.3 Å². The number of benzene rings is 2. The SMILES string of the molecule is CCc1ccc([C@H](C)NC(=O)COC(=O)/C=C/c2ccc(OC)cc2)cc1. The number of ether oxygens (including phenoxy) is 2. The van der Waals surface area contributed by atoms with Crippen LogP contribution in [0.2, 0.25) is 0 Å². The Balaban J connectivity index is 1.77. The van der Waals surface area contributed by atoms with Gasteiger partial charge < -0.3 is 14.8 Å². The van der Waals surface area contributed by atoms with E-state index in [0.29, 0.717) is 0 Å². The molecule has 0 unspecified atom stereocenters. The van der Waals surface area contributed by atoms with Gasteiger partial charge in [0.2, 0.25) is 0 Å². The molecule has 0 bridgehead atoms. The summed E-state index contributed by atoms with van der Waals surface area (Å²) in [5.74, 6) is -0.168. The summed E-state index contributed by atoms with van der Waals surface area (Å²) in [6, 6.07) is 15.2. The van der Waals surface area contributed by atoms with Gasteiger partial charge in [-0.25, -0.2) is 4.79 Å². The number of carbonyl (C=O) groups is 2. The summed E-state index contributed by atoms with van der Waals surface area (Å²) in [6.07, 6.45) is 3.89. The normalized spacial score (nSPS) is 11.8. The molecule has 0 spiro atoms. The Labute approximate surface area is 160 Å². The van der Waals surface area contributed by atoms with Crippen molar-refractivity contribution in [2.24, 2.45) is 0 Å². The van der Waals surface area contributed by atoms with E-state index in [0.717, 1.165) is 23.3 Å². The lowest BCUT2D eigenvalue weighted by molar-refractivity contribution is -0.144. The van der Waals surface area contributed by atoms with Crippen LogP contribution in [0.4, 0.5) is 0 Å². The zero-order valence-corrected chi connectivity index (χ0v) is 15.9. The number of esters is 1. The van der Waals surface area contributed by atoms with E-state index >= 15 is 0 Å². The van der Waals surface area contributed by atoms with Crippen LogP contribution in [-0.2, 0) is 20.7 Å². The van der Waals surface area contributed by atoms with Crippen molar-refractivity contribution in [3.8, 4) is 5.75 Å². The quantitative estimate of drug-likeness (QED) is 0.571. The number of amides is 1. The van der Waals surface area contributed by atoms with E-state index in [1.807, 2.05) is 43.3 Å². The number of hydrogen-bond donors (Lipinski definition) is 1. The molecule has 142 valence electrons. The number of methoxy groups -OCH3 is 1. The topological polar surface area (TPSA) is 64.6 Å². The highest BCUT2D eigenvalue weighted by Gasteiger charge is 2.11. The third-order valence-electron chi connectivity index (χ3n) is 4.14. The van der Waals surface area contributed by atoms with Gasteiger partial charge in [0.1, 0.15) is 5.75 Å². The summed E-state index contributed by atoms with van der Waals surface area (Å²) in [6.45, 7) is 3.67. The molecule has 2 rings (SSSR count). The molecule has 5 heteroatoms. The van der Waals surface area contributed by atoms with Gasteiger partial charge in [-0.3, -0.25) is 4.79 Å². The highest BCUT2D eigenvalue weighted by Crippen LogP contribution is 2.14. The smallest absolute Gasteiger partial charge is 0.331 e. The van der Waals surface area contributed by atoms with Crippen molar-refractivity contribution in [1.82, 2.24) is 5.32 Å². The molecular formula is C22H25NO4. The van der Waals surface area contributed by atoms with E-state index in [4.69, 9.17) is 9.47 Å². The minimum atomic E-state index is -0.569. The molecule has 0 saturated heterocycles. The summed E-state index contributed by atoms with van der Waals surface area (Å²) in [5, 5.41) is 2.82. The first kappa shape index (κ1) is 20.2. The Hall–Kier alpha value is -3.08. The molecule has 1 atom stereocenters. The Morgan fingerprint density at radius 3 is 2.33 bits per heavy atom. The molecule has 0 aliphatic carbocycles. The molecule has 0 aliphatic rings. The minimum Gasteiger partial charge on any atom is -0.497 e. The van der Waals surface area contributed by atoms with Crippen LogP contribution in [0.1, 0.15) is 36.6 Å². The summed E-state index contributed by atoms with van der Waals surface area (Å²) >= 11 is 0. The second-order valence-corrected chi connectivity index (χ2v) is 6.10. The van der Waals surface area contributed by atoms with Crippen LogP contribution in [0.15, 0.2) is 54.6 Å². The van der Waals surface area contributed by atoms with Crippen molar-refractivity contribution in [2.75, 3.05) is 13.7 Å². The average Bonchev–Trinajstić information content (AvgIpc) is 2.71. The molecule has 1 N–H and O–H groups in total. The molecule has 0 aromatic heterocycles. The first-order valence-corrected chi connectivity index (χ1v) is 8.89. The van der Waals surface area contributed by atoms with Gasteiger partial charge in [-0.15, -0.1) is 0 Å². The zero-order valence-electron chi connectivity index (χ0n) is 15.9. The van der Waals surface area contributed by atoms with Crippen LogP contribution < -0.4 is 10.1 Å². The van der Waals surface area contributed by atoms with E-state index in [9.17, 15) is 9.59 Å². The molecule has 27 heavy (non-hydrogen) atoms. The Morgan fingerprint density at radius 2 is 1.74 bits per heavy atom. The first-order valence-electron chi connectivity index (χ1n) is 8.89. The largest absolute Gasteiger partial charge is 0.497 e. The van der Waals surface area contributed by atoms with Crippen LogP contribution in [0, 0.1) is 0 Å². The second-order valence-electron chi connectivity index (χ2n) is 6.10. The maximum Gasteiger partial charge on any atom is 0.331 e. The van der Waals surface area contributed by atoms with Gasteiger partial charge >= 0.3 is 5.97 Å². The lowest BCUT2D eigenvalue weighted by Gasteiger charge is -2.14. The molecule has 0 fully saturated rings. The zero-order chi connectivity index (χ0) is 19.6. The Morgan fingerprint density at radius 1 is 1.07 bits per heavy atom. The predicted octanol–water partition coefficient (Wildman–Crippen LogP) is 3.69. The summed E-state index contributed by atoms with van der Waals surface area (Å²) in [4.78, 5) is 23.7. The molecule has 0 heterocycles. The van der Waals surface area contributed by atoms with Crippen LogP contribution in [0.25, 0.3) is 6.08 Å². The van der Waals surface area contributed by atoms with Crippen molar-refractivity contribution in [1.29, 1.82) is 0 Å². The van der Waals surface area contributed by atoms with Crippen molar-refractivity contribution in [3.05, 3.63) is 71.3 Å². The highest BCUT2D eigenvalue weighted by molar-refractivity contribution is 5.89. The fraction of sp³-hybridized carbons (Fsp3) is 0.273. The van der Waals surface area contributed by atoms with Gasteiger partial charge in [-0.05, 0) is 48.2 Å². The van der Waals surface area contributed by atoms with E-state index in [-0.39, 0.29) is 18.6 Å². The maximum absolute atomic E-state index is 12.0.